The summed E-state index contributed by atoms with van der Waals surface area (Å²) in [6.45, 7) is 5.55. The van der Waals surface area contributed by atoms with Gasteiger partial charge < -0.3 is 15.6 Å². The van der Waals surface area contributed by atoms with E-state index in [9.17, 15) is 18.4 Å². The molecule has 188 valence electrons. The third-order valence-electron chi connectivity index (χ3n) is 5.60. The van der Waals surface area contributed by atoms with E-state index in [4.69, 9.17) is 5.73 Å². The number of aryl methyl sites for hydroxylation is 1. The molecular formula is C28H30F2N4O2. The molecule has 0 aliphatic carbocycles. The first-order valence-corrected chi connectivity index (χ1v) is 11.3. The zero-order valence-corrected chi connectivity index (χ0v) is 21.0. The Hall–Kier alpha value is -4.17. The van der Waals surface area contributed by atoms with Crippen LogP contribution in [0.4, 0.5) is 8.78 Å². The molecule has 1 unspecified atom stereocenters. The van der Waals surface area contributed by atoms with Gasteiger partial charge >= 0.3 is 0 Å². The Kier molecular flexibility index (Phi) is 10.2. The fourth-order valence-corrected chi connectivity index (χ4v) is 3.53. The standard InChI is InChI=1S/C28H30F2N4O2/c1-18(2)21(25(27(31)35)17-33-19(3)32-4)10-7-6-8-11-22(23-12-9-15-34(5)28(23)36)24-16-20(29)13-14-26(24)30/h9,12-18,21-22H,11H2,1-5H3,(H2,31,35)(H,32,33)/b25-17+/t21-,22?/m0/s1. The van der Waals surface area contributed by atoms with E-state index in [1.807, 2.05) is 13.8 Å². The Morgan fingerprint density at radius 2 is 1.94 bits per heavy atom. The lowest BCUT2D eigenvalue weighted by molar-refractivity contribution is -0.115. The minimum atomic E-state index is -0.794. The second kappa shape index (κ2) is 13.1. The number of rotatable bonds is 7. The van der Waals surface area contributed by atoms with E-state index in [1.165, 1.54) is 10.8 Å². The van der Waals surface area contributed by atoms with Crippen molar-refractivity contribution < 1.29 is 13.6 Å². The molecule has 0 fully saturated rings. The van der Waals surface area contributed by atoms with Gasteiger partial charge in [0.2, 0.25) is 5.91 Å². The molecule has 36 heavy (non-hydrogen) atoms. The van der Waals surface area contributed by atoms with Crippen LogP contribution in [0.15, 0.2) is 58.1 Å². The molecule has 1 amide bonds. The van der Waals surface area contributed by atoms with Crippen LogP contribution < -0.4 is 16.6 Å². The highest BCUT2D eigenvalue weighted by Gasteiger charge is 2.22. The van der Waals surface area contributed by atoms with Crippen LogP contribution in [0.2, 0.25) is 0 Å². The zero-order valence-electron chi connectivity index (χ0n) is 21.0. The normalized spacial score (nSPS) is 13.2. The van der Waals surface area contributed by atoms with Crippen LogP contribution in [0.5, 0.6) is 0 Å². The predicted octanol–water partition coefficient (Wildman–Crippen LogP) is 3.47. The molecular weight excluding hydrogens is 462 g/mol. The summed E-state index contributed by atoms with van der Waals surface area (Å²) in [4.78, 5) is 28.7. The Morgan fingerprint density at radius 1 is 1.22 bits per heavy atom. The summed E-state index contributed by atoms with van der Waals surface area (Å²) in [7, 11) is 3.20. The van der Waals surface area contributed by atoms with Gasteiger partial charge in [-0.2, -0.15) is 0 Å². The first kappa shape index (κ1) is 28.1. The Bertz CT molecular complexity index is 1350. The molecule has 8 heteroatoms. The first-order chi connectivity index (χ1) is 17.1. The van der Waals surface area contributed by atoms with Crippen molar-refractivity contribution in [2.24, 2.45) is 29.6 Å². The van der Waals surface area contributed by atoms with Crippen LogP contribution in [0.3, 0.4) is 0 Å². The SMILES string of the molecule is CN=C(C)N/C=C(/C(N)=O)[C@@H](C#CC#CCC(c1cc(F)ccc1F)c1cccn(C)c1=O)C(C)C. The molecule has 0 saturated carbocycles. The highest BCUT2D eigenvalue weighted by molar-refractivity contribution is 5.94. The monoisotopic (exact) mass is 492 g/mol. The molecule has 2 atom stereocenters. The number of aromatic nitrogens is 1. The lowest BCUT2D eigenvalue weighted by Gasteiger charge is -2.16. The van der Waals surface area contributed by atoms with Gasteiger partial charge in [-0.25, -0.2) is 8.78 Å². The molecule has 0 saturated heterocycles. The van der Waals surface area contributed by atoms with Crippen molar-refractivity contribution in [3.05, 3.63) is 81.4 Å². The van der Waals surface area contributed by atoms with Crippen LogP contribution in [-0.2, 0) is 11.8 Å². The van der Waals surface area contributed by atoms with Crippen molar-refractivity contribution >= 4 is 11.7 Å². The van der Waals surface area contributed by atoms with E-state index in [2.05, 4.69) is 34.0 Å². The quantitative estimate of drug-likeness (QED) is 0.269. The predicted molar refractivity (Wildman–Crippen MR) is 138 cm³/mol. The lowest BCUT2D eigenvalue weighted by atomic mass is 9.88. The van der Waals surface area contributed by atoms with Gasteiger partial charge in [0.15, 0.2) is 0 Å². The highest BCUT2D eigenvalue weighted by atomic mass is 19.1. The Labute approximate surface area is 210 Å². The largest absolute Gasteiger partial charge is 0.366 e. The maximum atomic E-state index is 14.6. The number of nitrogens with zero attached hydrogens (tertiary/aromatic N) is 2. The summed E-state index contributed by atoms with van der Waals surface area (Å²) >= 11 is 0. The zero-order chi connectivity index (χ0) is 26.8. The van der Waals surface area contributed by atoms with E-state index in [-0.39, 0.29) is 29.0 Å². The molecule has 6 nitrogen and oxygen atoms in total. The Morgan fingerprint density at radius 3 is 2.58 bits per heavy atom. The van der Waals surface area contributed by atoms with Gasteiger partial charge in [0.1, 0.15) is 11.6 Å². The number of aliphatic imine (C=N–C) groups is 1. The van der Waals surface area contributed by atoms with E-state index < -0.39 is 29.4 Å². The highest BCUT2D eigenvalue weighted by Crippen LogP contribution is 2.28. The number of nitrogens with one attached hydrogen (secondary N) is 1. The second-order valence-corrected chi connectivity index (χ2v) is 8.51. The molecule has 1 heterocycles. The number of amides is 1. The van der Waals surface area contributed by atoms with Crippen molar-refractivity contribution in [3.8, 4) is 23.7 Å². The van der Waals surface area contributed by atoms with Gasteiger partial charge in [0.25, 0.3) is 5.56 Å². The smallest absolute Gasteiger partial charge is 0.254 e. The number of pyridine rings is 1. The van der Waals surface area contributed by atoms with Gasteiger partial charge in [0, 0.05) is 50.0 Å². The fraction of sp³-hybridized carbons (Fsp3) is 0.321. The third kappa shape index (κ3) is 7.41. The maximum Gasteiger partial charge on any atom is 0.254 e. The first-order valence-electron chi connectivity index (χ1n) is 11.3. The number of nitrogens with two attached hydrogens (primary N) is 1. The summed E-state index contributed by atoms with van der Waals surface area (Å²) in [6, 6.07) is 6.38. The van der Waals surface area contributed by atoms with Crippen molar-refractivity contribution in [2.75, 3.05) is 7.05 Å². The topological polar surface area (TPSA) is 89.5 Å². The van der Waals surface area contributed by atoms with Crippen LogP contribution in [0, 0.1) is 47.2 Å². The number of carbonyl (C=O) groups excluding carboxylic acids is 1. The number of hydrogen-bond acceptors (Lipinski definition) is 3. The lowest BCUT2D eigenvalue weighted by Crippen LogP contribution is -2.26. The van der Waals surface area contributed by atoms with Gasteiger partial charge in [-0.3, -0.25) is 14.6 Å². The Balaban J connectivity index is 2.42. The summed E-state index contributed by atoms with van der Waals surface area (Å²) in [6.07, 6.45) is 3.11. The maximum absolute atomic E-state index is 14.6. The van der Waals surface area contributed by atoms with Crippen LogP contribution in [0.1, 0.15) is 44.2 Å². The summed E-state index contributed by atoms with van der Waals surface area (Å²) in [5.41, 5.74) is 5.86. The van der Waals surface area contributed by atoms with E-state index in [0.29, 0.717) is 11.4 Å². The van der Waals surface area contributed by atoms with Crippen LogP contribution >= 0.6 is 0 Å². The molecule has 0 aliphatic heterocycles. The van der Waals surface area contributed by atoms with Crippen LogP contribution in [0.25, 0.3) is 0 Å². The number of amidine groups is 1. The number of carbonyl (C=O) groups is 1. The van der Waals surface area contributed by atoms with E-state index in [0.717, 1.165) is 18.2 Å². The van der Waals surface area contributed by atoms with Crippen molar-refractivity contribution in [1.29, 1.82) is 0 Å². The minimum absolute atomic E-state index is 0.0346. The molecule has 2 rings (SSSR count). The summed E-state index contributed by atoms with van der Waals surface area (Å²) in [5, 5.41) is 2.91. The molecule has 0 aliphatic rings. The molecule has 0 bridgehead atoms. The number of halogens is 2. The minimum Gasteiger partial charge on any atom is -0.366 e. The molecule has 0 spiro atoms. The van der Waals surface area contributed by atoms with E-state index in [1.54, 1.807) is 39.3 Å². The van der Waals surface area contributed by atoms with Gasteiger partial charge in [-0.05, 0) is 54.5 Å². The van der Waals surface area contributed by atoms with Gasteiger partial charge in [0.05, 0.1) is 11.8 Å². The summed E-state index contributed by atoms with van der Waals surface area (Å²) in [5.74, 6) is 8.71. The second-order valence-electron chi connectivity index (χ2n) is 8.51. The third-order valence-corrected chi connectivity index (χ3v) is 5.60. The van der Waals surface area contributed by atoms with Gasteiger partial charge in [-0.1, -0.05) is 31.8 Å². The molecule has 3 N–H and O–H groups in total. The van der Waals surface area contributed by atoms with Crippen molar-refractivity contribution in [1.82, 2.24) is 9.88 Å². The number of primary amides is 1. The van der Waals surface area contributed by atoms with E-state index >= 15 is 0 Å². The van der Waals surface area contributed by atoms with Gasteiger partial charge in [-0.15, -0.1) is 0 Å². The molecule has 0 radical (unpaired) electrons. The van der Waals surface area contributed by atoms with Crippen LogP contribution in [-0.4, -0.2) is 23.4 Å². The molecule has 1 aromatic carbocycles. The fourth-order valence-electron chi connectivity index (χ4n) is 3.53. The molecule has 2 aromatic rings. The van der Waals surface area contributed by atoms with Crippen molar-refractivity contribution in [3.63, 3.8) is 0 Å². The average molecular weight is 493 g/mol. The molecule has 1 aromatic heterocycles. The number of benzene rings is 1. The number of hydrogen-bond donors (Lipinski definition) is 2. The summed E-state index contributed by atoms with van der Waals surface area (Å²) < 4.78 is 29.9. The average Bonchev–Trinajstić information content (AvgIpc) is 2.83. The van der Waals surface area contributed by atoms with Crippen molar-refractivity contribution in [2.45, 2.75) is 33.1 Å².